The summed E-state index contributed by atoms with van der Waals surface area (Å²) in [6, 6.07) is 1.14. The van der Waals surface area contributed by atoms with E-state index in [4.69, 9.17) is 5.73 Å². The minimum Gasteiger partial charge on any atom is -0.328 e. The molecule has 0 heterocycles. The first-order valence-corrected chi connectivity index (χ1v) is 6.07. The van der Waals surface area contributed by atoms with Gasteiger partial charge in [-0.2, -0.15) is 0 Å². The second-order valence-electron chi connectivity index (χ2n) is 4.42. The average Bonchev–Trinajstić information content (AvgIpc) is 2.14. The molecular weight excluding hydrogens is 172 g/mol. The van der Waals surface area contributed by atoms with Gasteiger partial charge in [-0.05, 0) is 46.2 Å². The van der Waals surface area contributed by atoms with E-state index in [1.807, 2.05) is 0 Å². The Bertz CT molecular complexity index is 119. The van der Waals surface area contributed by atoms with Crippen LogP contribution in [0.5, 0.6) is 0 Å². The van der Waals surface area contributed by atoms with Gasteiger partial charge in [-0.3, -0.25) is 0 Å². The van der Waals surface area contributed by atoms with Crippen molar-refractivity contribution < 1.29 is 0 Å². The summed E-state index contributed by atoms with van der Waals surface area (Å²) in [6.45, 7) is 7.85. The van der Waals surface area contributed by atoms with Gasteiger partial charge in [-0.1, -0.05) is 20.3 Å². The molecule has 0 aromatic rings. The van der Waals surface area contributed by atoms with E-state index < -0.39 is 0 Å². The first-order valence-electron chi connectivity index (χ1n) is 6.07. The van der Waals surface area contributed by atoms with E-state index >= 15 is 0 Å². The molecule has 1 unspecified atom stereocenters. The molecule has 0 aromatic heterocycles. The molecule has 0 bridgehead atoms. The normalized spacial score (nSPS) is 13.9. The molecule has 0 spiro atoms. The van der Waals surface area contributed by atoms with Crippen LogP contribution < -0.4 is 5.73 Å². The Balaban J connectivity index is 3.47. The minimum atomic E-state index is 0.369. The summed E-state index contributed by atoms with van der Waals surface area (Å²) >= 11 is 0. The second-order valence-corrected chi connectivity index (χ2v) is 4.42. The van der Waals surface area contributed by atoms with Crippen molar-refractivity contribution in [1.82, 2.24) is 4.90 Å². The van der Waals surface area contributed by atoms with Crippen LogP contribution in [0.3, 0.4) is 0 Å². The van der Waals surface area contributed by atoms with Crippen LogP contribution >= 0.6 is 0 Å². The summed E-state index contributed by atoms with van der Waals surface area (Å²) in [5.74, 6) is 0. The molecule has 0 amide bonds. The highest BCUT2D eigenvalue weighted by Gasteiger charge is 2.09. The van der Waals surface area contributed by atoms with Gasteiger partial charge in [0.25, 0.3) is 0 Å². The molecule has 0 fully saturated rings. The van der Waals surface area contributed by atoms with Crippen LogP contribution in [0.15, 0.2) is 0 Å². The van der Waals surface area contributed by atoms with Crippen LogP contribution in [-0.2, 0) is 0 Å². The first-order chi connectivity index (χ1) is 6.61. The van der Waals surface area contributed by atoms with Crippen LogP contribution in [0.1, 0.15) is 52.9 Å². The molecule has 14 heavy (non-hydrogen) atoms. The molecule has 2 nitrogen and oxygen atoms in total. The van der Waals surface area contributed by atoms with Crippen LogP contribution in [0.4, 0.5) is 0 Å². The van der Waals surface area contributed by atoms with Gasteiger partial charge in [-0.15, -0.1) is 0 Å². The van der Waals surface area contributed by atoms with Crippen molar-refractivity contribution in [3.8, 4) is 0 Å². The molecule has 0 rings (SSSR count). The largest absolute Gasteiger partial charge is 0.328 e. The number of unbranched alkanes of at least 4 members (excludes halogenated alkanes) is 1. The topological polar surface area (TPSA) is 29.3 Å². The summed E-state index contributed by atoms with van der Waals surface area (Å²) < 4.78 is 0. The third-order valence-corrected chi connectivity index (χ3v) is 2.99. The third-order valence-electron chi connectivity index (χ3n) is 2.99. The van der Waals surface area contributed by atoms with E-state index in [1.165, 1.54) is 32.2 Å². The fourth-order valence-electron chi connectivity index (χ4n) is 1.92. The SMILES string of the molecule is CCC(CC)N(C)CCCCC(C)N. The van der Waals surface area contributed by atoms with Crippen molar-refractivity contribution in [2.45, 2.75) is 65.0 Å². The number of hydrogen-bond acceptors (Lipinski definition) is 2. The Hall–Kier alpha value is -0.0800. The van der Waals surface area contributed by atoms with Gasteiger partial charge in [0.2, 0.25) is 0 Å². The summed E-state index contributed by atoms with van der Waals surface area (Å²) in [4.78, 5) is 2.49. The third kappa shape index (κ3) is 6.39. The van der Waals surface area contributed by atoms with Gasteiger partial charge in [0.05, 0.1) is 0 Å². The van der Waals surface area contributed by atoms with Crippen molar-refractivity contribution in [3.05, 3.63) is 0 Å². The zero-order valence-corrected chi connectivity index (χ0v) is 10.4. The summed E-state index contributed by atoms with van der Waals surface area (Å²) in [5.41, 5.74) is 5.71. The maximum atomic E-state index is 5.71. The van der Waals surface area contributed by atoms with E-state index in [0.717, 1.165) is 12.5 Å². The van der Waals surface area contributed by atoms with E-state index in [1.54, 1.807) is 0 Å². The van der Waals surface area contributed by atoms with Gasteiger partial charge in [0.15, 0.2) is 0 Å². The monoisotopic (exact) mass is 200 g/mol. The molecule has 2 heteroatoms. The number of rotatable bonds is 8. The quantitative estimate of drug-likeness (QED) is 0.610. The van der Waals surface area contributed by atoms with Gasteiger partial charge in [0.1, 0.15) is 0 Å². The fourth-order valence-corrected chi connectivity index (χ4v) is 1.92. The van der Waals surface area contributed by atoms with Crippen LogP contribution in [-0.4, -0.2) is 30.6 Å². The van der Waals surface area contributed by atoms with Gasteiger partial charge in [0, 0.05) is 12.1 Å². The Kier molecular flexibility index (Phi) is 8.20. The van der Waals surface area contributed by atoms with Crippen molar-refractivity contribution in [2.75, 3.05) is 13.6 Å². The van der Waals surface area contributed by atoms with Gasteiger partial charge >= 0.3 is 0 Å². The number of nitrogens with zero attached hydrogens (tertiary/aromatic N) is 1. The number of hydrogen-bond donors (Lipinski definition) is 1. The first kappa shape index (κ1) is 13.9. The van der Waals surface area contributed by atoms with E-state index in [-0.39, 0.29) is 0 Å². The highest BCUT2D eigenvalue weighted by atomic mass is 15.1. The van der Waals surface area contributed by atoms with Crippen LogP contribution in [0.25, 0.3) is 0 Å². The molecule has 0 aliphatic heterocycles. The summed E-state index contributed by atoms with van der Waals surface area (Å²) in [5, 5.41) is 0. The molecule has 2 N–H and O–H groups in total. The maximum absolute atomic E-state index is 5.71. The van der Waals surface area contributed by atoms with E-state index in [0.29, 0.717) is 6.04 Å². The van der Waals surface area contributed by atoms with Crippen molar-refractivity contribution in [3.63, 3.8) is 0 Å². The lowest BCUT2D eigenvalue weighted by Gasteiger charge is -2.26. The molecule has 0 saturated carbocycles. The predicted octanol–water partition coefficient (Wildman–Crippen LogP) is 2.62. The highest BCUT2D eigenvalue weighted by molar-refractivity contribution is 4.65. The molecule has 0 aliphatic rings. The molecule has 0 saturated heterocycles. The molecule has 0 radical (unpaired) electrons. The maximum Gasteiger partial charge on any atom is 0.00869 e. The van der Waals surface area contributed by atoms with Gasteiger partial charge in [-0.25, -0.2) is 0 Å². The second kappa shape index (κ2) is 8.25. The standard InChI is InChI=1S/C12H28N2/c1-5-12(6-2)14(4)10-8-7-9-11(3)13/h11-12H,5-10,13H2,1-4H3. The molecule has 0 aromatic carbocycles. The molecule has 0 aliphatic carbocycles. The Morgan fingerprint density at radius 2 is 1.71 bits per heavy atom. The fraction of sp³-hybridized carbons (Fsp3) is 1.00. The summed E-state index contributed by atoms with van der Waals surface area (Å²) in [7, 11) is 2.24. The smallest absolute Gasteiger partial charge is 0.00869 e. The van der Waals surface area contributed by atoms with Crippen molar-refractivity contribution in [2.24, 2.45) is 5.73 Å². The Labute approximate surface area is 89.9 Å². The van der Waals surface area contributed by atoms with Crippen LogP contribution in [0.2, 0.25) is 0 Å². The Morgan fingerprint density at radius 1 is 1.14 bits per heavy atom. The lowest BCUT2D eigenvalue weighted by molar-refractivity contribution is 0.224. The minimum absolute atomic E-state index is 0.369. The van der Waals surface area contributed by atoms with Crippen molar-refractivity contribution >= 4 is 0 Å². The van der Waals surface area contributed by atoms with Gasteiger partial charge < -0.3 is 10.6 Å². The predicted molar refractivity (Wildman–Crippen MR) is 64.5 cm³/mol. The van der Waals surface area contributed by atoms with E-state index in [9.17, 15) is 0 Å². The van der Waals surface area contributed by atoms with Crippen LogP contribution in [0, 0.1) is 0 Å². The number of nitrogens with two attached hydrogens (primary N) is 1. The van der Waals surface area contributed by atoms with Crippen molar-refractivity contribution in [1.29, 1.82) is 0 Å². The van der Waals surface area contributed by atoms with E-state index in [2.05, 4.69) is 32.7 Å². The highest BCUT2D eigenvalue weighted by Crippen LogP contribution is 2.08. The molecule has 1 atom stereocenters. The lowest BCUT2D eigenvalue weighted by atomic mass is 10.1. The zero-order valence-electron chi connectivity index (χ0n) is 10.4. The molecule has 86 valence electrons. The zero-order chi connectivity index (χ0) is 11.0. The Morgan fingerprint density at radius 3 is 2.14 bits per heavy atom. The summed E-state index contributed by atoms with van der Waals surface area (Å²) in [6.07, 6.45) is 6.24. The molecular formula is C12H28N2. The lowest BCUT2D eigenvalue weighted by Crippen LogP contribution is -2.31. The average molecular weight is 200 g/mol.